The first-order valence-electron chi connectivity index (χ1n) is 1.99. The average Bonchev–Trinajstić information content (AvgIpc) is 1.90. The molecule has 0 radical (unpaired) electrons. The first-order chi connectivity index (χ1) is 4.26. The minimum absolute atomic E-state index is 1.27. The van der Waals surface area contributed by atoms with E-state index in [0.717, 1.165) is 0 Å². The number of hydrogen-bond donors (Lipinski definition) is 2. The van der Waals surface area contributed by atoms with Crippen molar-refractivity contribution >= 4 is 20.9 Å². The Kier molecular flexibility index (Phi) is 5.58. The molecule has 0 saturated heterocycles. The van der Waals surface area contributed by atoms with E-state index in [4.69, 9.17) is 14.9 Å². The number of nitrogens with zero attached hydrogens (tertiary/aromatic N) is 1. The molecule has 9 heavy (non-hydrogen) atoms. The summed E-state index contributed by atoms with van der Waals surface area (Å²) in [6.07, 6.45) is 0. The Hall–Kier alpha value is 0.490. The van der Waals surface area contributed by atoms with Crippen molar-refractivity contribution in [1.29, 1.82) is 0 Å². The molecule has 0 aliphatic carbocycles. The molecule has 0 bridgehead atoms. The van der Waals surface area contributed by atoms with Crippen LogP contribution in [0, 0.1) is 0 Å². The van der Waals surface area contributed by atoms with Crippen molar-refractivity contribution in [3.05, 3.63) is 0 Å². The Balaban J connectivity index is 3.50. The Morgan fingerprint density at radius 1 is 1.44 bits per heavy atom. The van der Waals surface area contributed by atoms with Crippen LogP contribution in [0.1, 0.15) is 0 Å². The zero-order chi connectivity index (χ0) is 7.28. The van der Waals surface area contributed by atoms with Crippen LogP contribution in [0.3, 0.4) is 0 Å². The van der Waals surface area contributed by atoms with Gasteiger partial charge in [-0.2, -0.15) is 0 Å². The molecule has 7 heteroatoms. The maximum atomic E-state index is 4.83. The molecule has 58 valence electrons. The van der Waals surface area contributed by atoms with Crippen LogP contribution >= 0.6 is 20.9 Å². The molecule has 0 aliphatic rings. The molecular formula is C2H10IN3O3. The van der Waals surface area contributed by atoms with Gasteiger partial charge in [0.05, 0.1) is 0 Å². The molecule has 0 heterocycles. The van der Waals surface area contributed by atoms with E-state index in [0.29, 0.717) is 0 Å². The van der Waals surface area contributed by atoms with Crippen molar-refractivity contribution in [1.82, 2.24) is 3.28 Å². The molecular weight excluding hydrogens is 241 g/mol. The molecule has 6 nitrogen and oxygen atoms in total. The second kappa shape index (κ2) is 5.29. The quantitative estimate of drug-likeness (QED) is 0.398. The predicted molar refractivity (Wildman–Crippen MR) is 39.3 cm³/mol. The SMILES string of the molecule is COI(ON)N(C)ON. The van der Waals surface area contributed by atoms with Gasteiger partial charge in [0.2, 0.25) is 0 Å². The van der Waals surface area contributed by atoms with Crippen LogP contribution in [0.5, 0.6) is 0 Å². The average molecular weight is 251 g/mol. The number of rotatable bonds is 4. The van der Waals surface area contributed by atoms with Crippen LogP contribution in [-0.4, -0.2) is 17.4 Å². The third-order valence-corrected chi connectivity index (χ3v) is 3.07. The Bertz CT molecular complexity index is 70.1. The summed E-state index contributed by atoms with van der Waals surface area (Å²) in [7, 11) is 3.06. The van der Waals surface area contributed by atoms with Crippen LogP contribution in [-0.2, 0) is 11.2 Å². The van der Waals surface area contributed by atoms with Gasteiger partial charge in [-0.15, -0.1) is 0 Å². The summed E-state index contributed by atoms with van der Waals surface area (Å²) in [6.45, 7) is 0. The summed E-state index contributed by atoms with van der Waals surface area (Å²) in [5.74, 6) is 9.60. The van der Waals surface area contributed by atoms with Gasteiger partial charge in [0.25, 0.3) is 0 Å². The number of hydroxylamine groups is 1. The molecule has 0 fully saturated rings. The van der Waals surface area contributed by atoms with Crippen LogP contribution < -0.4 is 11.8 Å². The first-order valence-corrected chi connectivity index (χ1v) is 4.71. The van der Waals surface area contributed by atoms with E-state index >= 15 is 0 Å². The minimum atomic E-state index is -2.18. The van der Waals surface area contributed by atoms with E-state index in [1.807, 2.05) is 0 Å². The monoisotopic (exact) mass is 251 g/mol. The second-order valence-electron chi connectivity index (χ2n) is 0.970. The van der Waals surface area contributed by atoms with Gasteiger partial charge in [0, 0.05) is 0 Å². The van der Waals surface area contributed by atoms with E-state index in [9.17, 15) is 0 Å². The summed E-state index contributed by atoms with van der Waals surface area (Å²) >= 11 is -2.18. The van der Waals surface area contributed by atoms with Crippen molar-refractivity contribution in [2.75, 3.05) is 14.2 Å². The summed E-state index contributed by atoms with van der Waals surface area (Å²) in [4.78, 5) is 4.27. The summed E-state index contributed by atoms with van der Waals surface area (Å²) in [6, 6.07) is 0. The molecule has 0 aromatic rings. The fourth-order valence-electron chi connectivity index (χ4n) is 0.222. The topological polar surface area (TPSA) is 83.0 Å². The van der Waals surface area contributed by atoms with E-state index in [1.165, 1.54) is 10.4 Å². The molecule has 0 aliphatic heterocycles. The van der Waals surface area contributed by atoms with Gasteiger partial charge in [-0.25, -0.2) is 0 Å². The molecule has 0 rings (SSSR count). The van der Waals surface area contributed by atoms with Crippen molar-refractivity contribution in [3.63, 3.8) is 0 Å². The third kappa shape index (κ3) is 3.25. The van der Waals surface area contributed by atoms with Crippen molar-refractivity contribution in [2.24, 2.45) is 11.8 Å². The maximum absolute atomic E-state index is 4.83. The number of nitrogens with two attached hydrogens (primary N) is 2. The van der Waals surface area contributed by atoms with Crippen molar-refractivity contribution < 1.29 is 11.2 Å². The van der Waals surface area contributed by atoms with Crippen molar-refractivity contribution in [3.8, 4) is 0 Å². The van der Waals surface area contributed by atoms with E-state index < -0.39 is 20.9 Å². The van der Waals surface area contributed by atoms with Gasteiger partial charge in [0.15, 0.2) is 0 Å². The van der Waals surface area contributed by atoms with Gasteiger partial charge in [-0.3, -0.25) is 0 Å². The predicted octanol–water partition coefficient (Wildman–Crippen LogP) is -0.488. The Labute approximate surface area is 61.7 Å². The third-order valence-electron chi connectivity index (χ3n) is 0.548. The standard InChI is InChI=1S/C2H10IN3O3/c1-6(9-5)3(7-2)8-4/h4-5H2,1-2H3. The zero-order valence-corrected chi connectivity index (χ0v) is 7.36. The number of hydrogen-bond acceptors (Lipinski definition) is 6. The van der Waals surface area contributed by atoms with Gasteiger partial charge in [-0.05, 0) is 0 Å². The van der Waals surface area contributed by atoms with Gasteiger partial charge >= 0.3 is 61.3 Å². The Morgan fingerprint density at radius 3 is 2.11 bits per heavy atom. The molecule has 0 saturated carbocycles. The van der Waals surface area contributed by atoms with E-state index in [1.54, 1.807) is 7.05 Å². The van der Waals surface area contributed by atoms with Crippen LogP contribution in [0.15, 0.2) is 0 Å². The molecule has 0 atom stereocenters. The van der Waals surface area contributed by atoms with E-state index in [-0.39, 0.29) is 0 Å². The molecule has 0 spiro atoms. The summed E-state index contributed by atoms with van der Waals surface area (Å²) < 4.78 is 10.5. The van der Waals surface area contributed by atoms with Crippen LogP contribution in [0.4, 0.5) is 0 Å². The van der Waals surface area contributed by atoms with Gasteiger partial charge in [0.1, 0.15) is 0 Å². The summed E-state index contributed by atoms with van der Waals surface area (Å²) in [5, 5.41) is 0. The van der Waals surface area contributed by atoms with Crippen LogP contribution in [0.2, 0.25) is 0 Å². The van der Waals surface area contributed by atoms with Crippen molar-refractivity contribution in [2.45, 2.75) is 0 Å². The molecule has 0 aromatic heterocycles. The normalized spacial score (nSPS) is 12.3. The first kappa shape index (κ1) is 9.49. The molecule has 0 amide bonds. The summed E-state index contributed by atoms with van der Waals surface area (Å²) in [5.41, 5.74) is 0. The fourth-order valence-corrected chi connectivity index (χ4v) is 1.49. The van der Waals surface area contributed by atoms with Gasteiger partial charge in [-0.1, -0.05) is 0 Å². The number of halogens is 1. The molecule has 0 aromatic carbocycles. The molecule has 4 N–H and O–H groups in total. The van der Waals surface area contributed by atoms with Crippen LogP contribution in [0.25, 0.3) is 0 Å². The zero-order valence-electron chi connectivity index (χ0n) is 5.20. The van der Waals surface area contributed by atoms with Gasteiger partial charge < -0.3 is 0 Å². The second-order valence-corrected chi connectivity index (χ2v) is 4.87. The van der Waals surface area contributed by atoms with E-state index in [2.05, 4.69) is 8.11 Å². The fraction of sp³-hybridized carbons (Fsp3) is 1.00. The Morgan fingerprint density at radius 2 is 2.00 bits per heavy atom. The molecule has 0 unspecified atom stereocenters.